The Balaban J connectivity index is 0.000000180. The van der Waals surface area contributed by atoms with Gasteiger partial charge in [-0.15, -0.1) is 0 Å². The van der Waals surface area contributed by atoms with E-state index in [-0.39, 0.29) is 84.2 Å². The maximum atomic E-state index is 13.9. The van der Waals surface area contributed by atoms with Gasteiger partial charge in [0, 0.05) is 66.8 Å². The lowest BCUT2D eigenvalue weighted by Crippen LogP contribution is -2.52. The van der Waals surface area contributed by atoms with Crippen LogP contribution in [0.15, 0.2) is 267 Å². The summed E-state index contributed by atoms with van der Waals surface area (Å²) >= 11 is 0. The van der Waals surface area contributed by atoms with Crippen molar-refractivity contribution in [2.24, 2.45) is 0 Å². The zero-order valence-corrected chi connectivity index (χ0v) is 72.7. The molecule has 0 radical (unpaired) electrons. The highest BCUT2D eigenvalue weighted by Gasteiger charge is 2.66. The number of allylic oxidation sites excluding steroid dienone is 10. The van der Waals surface area contributed by atoms with E-state index < -0.39 is 109 Å². The highest BCUT2D eigenvalue weighted by atomic mass is 19.3. The van der Waals surface area contributed by atoms with Crippen LogP contribution in [0.1, 0.15) is 223 Å². The van der Waals surface area contributed by atoms with Gasteiger partial charge in [0.05, 0.1) is 19.6 Å². The summed E-state index contributed by atoms with van der Waals surface area (Å²) in [4.78, 5) is 151. The van der Waals surface area contributed by atoms with E-state index in [1.165, 1.54) is 109 Å². The van der Waals surface area contributed by atoms with Crippen LogP contribution in [0.25, 0.3) is 39.0 Å². The number of Topliss-reactive ketones (excluding diaryl/α,β-unsaturated/α-hetero) is 3. The van der Waals surface area contributed by atoms with Gasteiger partial charge in [-0.25, -0.2) is 14.4 Å². The molecule has 27 heteroatoms. The Hall–Kier alpha value is -15.1. The molecule has 14 rings (SSSR count). The summed E-state index contributed by atoms with van der Waals surface area (Å²) in [6.07, 6.45) is 5.45. The SMILES string of the molecule is CC(C)(C)c1ccc(C(=O)/C=C(\C(=O)c2ccc(C(=O)NC[C@@H](O)C(=O)O)cc2)c2ccc(C3=CCCCC3)cc2)cc1.O=C(/C=C(\C(=O)c1ccc(C(=O)NC[C@@H](O)C(=O)O)cc1)c1ccc(C2=CCCCC2)cc1)c1ccc(-c2ccccc2)cc1.O=C(/C=C(\C(=O)c1ccc(C(=O)NC[C@@H](O)C(=O)O)cc1)c1ccc2c(c1)CCCC2)c1ccc2c(c1)OC(F)(F)C(F)(F)O2. The van der Waals surface area contributed by atoms with Gasteiger partial charge >= 0.3 is 30.1 Å². The molecular formula is C106H95F4N3O20. The number of hydrogen-bond acceptors (Lipinski definition) is 17. The number of aliphatic hydroxyl groups is 3. The van der Waals surface area contributed by atoms with Gasteiger partial charge in [-0.1, -0.05) is 215 Å². The van der Waals surface area contributed by atoms with Gasteiger partial charge in [0.2, 0.25) is 0 Å². The largest absolute Gasteiger partial charge is 0.507 e. The van der Waals surface area contributed by atoms with Gasteiger partial charge in [0.1, 0.15) is 0 Å². The molecule has 0 unspecified atom stereocenters. The average molecular weight is 1810 g/mol. The smallest absolute Gasteiger partial charge is 0.479 e. The molecule has 0 saturated carbocycles. The topological polar surface area (TPSA) is 381 Å². The number of hydrogen-bond donors (Lipinski definition) is 9. The van der Waals surface area contributed by atoms with Gasteiger partial charge in [0.15, 0.2) is 64.5 Å². The predicted octanol–water partition coefficient (Wildman–Crippen LogP) is 17.7. The molecule has 1 heterocycles. The molecule has 0 fully saturated rings. The number of fused-ring (bicyclic) bond motifs is 2. The van der Waals surface area contributed by atoms with Gasteiger partial charge in [-0.05, 0) is 222 Å². The highest BCUT2D eigenvalue weighted by molar-refractivity contribution is 6.35. The number of carbonyl (C=O) groups excluding carboxylic acids is 9. The Morgan fingerprint density at radius 2 is 0.654 bits per heavy atom. The molecule has 9 N–H and O–H groups in total. The van der Waals surface area contributed by atoms with Crippen LogP contribution < -0.4 is 25.4 Å². The molecule has 0 bridgehead atoms. The lowest BCUT2D eigenvalue weighted by molar-refractivity contribution is -0.391. The van der Waals surface area contributed by atoms with Crippen LogP contribution >= 0.6 is 0 Å². The summed E-state index contributed by atoms with van der Waals surface area (Å²) in [5.41, 5.74) is 13.7. The zero-order chi connectivity index (χ0) is 95.4. The van der Waals surface area contributed by atoms with Gasteiger partial charge in [-0.2, -0.15) is 17.6 Å². The number of aryl methyl sites for hydroxylation is 2. The first kappa shape index (κ1) is 97.0. The Bertz CT molecular complexity index is 6240. The Labute approximate surface area is 763 Å². The van der Waals surface area contributed by atoms with Crippen molar-refractivity contribution in [3.63, 3.8) is 0 Å². The van der Waals surface area contributed by atoms with E-state index in [1.54, 1.807) is 36.4 Å². The summed E-state index contributed by atoms with van der Waals surface area (Å²) in [5, 5.41) is 61.5. The quantitative estimate of drug-likeness (QED) is 0.0115. The molecule has 3 amide bonds. The van der Waals surface area contributed by atoms with Crippen molar-refractivity contribution in [1.29, 1.82) is 0 Å². The summed E-state index contributed by atoms with van der Waals surface area (Å²) in [5.74, 6) is -10.5. The predicted molar refractivity (Wildman–Crippen MR) is 491 cm³/mol. The molecule has 682 valence electrons. The fourth-order valence-electron chi connectivity index (χ4n) is 15.0. The van der Waals surface area contributed by atoms with E-state index in [0.717, 1.165) is 127 Å². The average Bonchev–Trinajstić information content (AvgIpc) is 0.757. The molecule has 3 aliphatic carbocycles. The van der Waals surface area contributed by atoms with Crippen LogP contribution in [-0.2, 0) is 32.6 Å². The minimum atomic E-state index is -4.99. The number of alkyl halides is 4. The summed E-state index contributed by atoms with van der Waals surface area (Å²) in [6.45, 7) is 4.85. The Morgan fingerprint density at radius 1 is 0.338 bits per heavy atom. The highest BCUT2D eigenvalue weighted by Crippen LogP contribution is 2.48. The molecule has 23 nitrogen and oxygen atoms in total. The van der Waals surface area contributed by atoms with E-state index in [2.05, 4.69) is 58.3 Å². The number of ketones is 6. The van der Waals surface area contributed by atoms with Crippen molar-refractivity contribution in [2.45, 2.75) is 134 Å². The standard InChI is InChI=1S/C38H33NO6.C36H37NO6.C32H25F4NO8/c40-34(30-17-13-28(14-18-30)26-9-5-2-6-10-26)23-33(29-15-11-27(12-16-29)25-7-3-1-4-8-25)36(42)31-19-21-32(22-20-31)37(43)39-24-35(41)38(44)45;1-36(2,3)29-19-17-26(18-20-29)31(38)21-30(25-11-9-24(10-12-25)23-7-5-4-6-8-23)33(40)27-13-15-28(16-14-27)34(41)37-22-32(39)35(42)43;33-31(34)32(35,36)45-27-14-22(11-12-26(27)44-31)24(38)15-23(21-10-5-17-3-1-2-4-20(17)13-21)28(40)18-6-8-19(9-7-18)29(41)37-16-25(39)30(42)43/h2,5-7,9-23,35,41H,1,3-4,8,24H2,(H,39,43)(H,44,45);7,9-21,32,39H,4-6,8,22H2,1-3H3,(H,37,41)(H,42,43);5-15,25,39H,1-4,16H2,(H,37,41)(H,42,43)/b33-23-;30-21-;23-15-/t35-;32-;25-/m111/s1. The molecule has 10 aromatic carbocycles. The first-order valence-electron chi connectivity index (χ1n) is 43.0. The minimum absolute atomic E-state index is 0.0538. The number of amides is 3. The molecule has 3 atom stereocenters. The zero-order valence-electron chi connectivity index (χ0n) is 72.7. The monoisotopic (exact) mass is 1810 g/mol. The van der Waals surface area contributed by atoms with E-state index in [9.17, 15) is 90.4 Å². The van der Waals surface area contributed by atoms with Crippen LogP contribution in [0.2, 0.25) is 0 Å². The van der Waals surface area contributed by atoms with Crippen molar-refractivity contribution in [3.8, 4) is 22.6 Å². The number of carboxylic acids is 3. The number of aliphatic hydroxyl groups excluding tert-OH is 3. The van der Waals surface area contributed by atoms with Gasteiger partial charge < -0.3 is 56.1 Å². The number of carboxylic acid groups (broad SMARTS) is 3. The number of halogens is 4. The number of ether oxygens (including phenoxy) is 2. The van der Waals surface area contributed by atoms with E-state index in [0.29, 0.717) is 27.8 Å². The van der Waals surface area contributed by atoms with Crippen molar-refractivity contribution in [1.82, 2.24) is 16.0 Å². The number of aliphatic carboxylic acids is 3. The maximum absolute atomic E-state index is 13.9. The van der Waals surface area contributed by atoms with Crippen molar-refractivity contribution >= 4 is 98.2 Å². The number of rotatable bonds is 30. The van der Waals surface area contributed by atoms with Crippen LogP contribution in [0.4, 0.5) is 17.6 Å². The van der Waals surface area contributed by atoms with Gasteiger partial charge in [0.25, 0.3) is 17.7 Å². The van der Waals surface area contributed by atoms with Crippen molar-refractivity contribution in [3.05, 3.63) is 362 Å². The first-order valence-corrected chi connectivity index (χ1v) is 43.0. The third-order valence-electron chi connectivity index (χ3n) is 22.7. The third-order valence-corrected chi connectivity index (χ3v) is 22.7. The fraction of sp³-hybridized carbons (Fsp3) is 0.226. The second kappa shape index (κ2) is 43.6. The summed E-state index contributed by atoms with van der Waals surface area (Å²) < 4.78 is 62.8. The van der Waals surface area contributed by atoms with Crippen LogP contribution in [0, 0.1) is 0 Å². The molecule has 0 aromatic heterocycles. The summed E-state index contributed by atoms with van der Waals surface area (Å²) in [7, 11) is 0. The normalized spacial score (nSPS) is 15.1. The van der Waals surface area contributed by atoms with Crippen LogP contribution in [-0.4, -0.2) is 151 Å². The van der Waals surface area contributed by atoms with Crippen molar-refractivity contribution < 1.29 is 115 Å². The molecule has 0 spiro atoms. The van der Waals surface area contributed by atoms with Gasteiger partial charge in [-0.3, -0.25) is 43.2 Å². The lowest BCUT2D eigenvalue weighted by atomic mass is 9.86. The number of nitrogens with one attached hydrogen (secondary N) is 3. The van der Waals surface area contributed by atoms with E-state index in [4.69, 9.17) is 15.3 Å². The summed E-state index contributed by atoms with van der Waals surface area (Å²) in [6, 6.07) is 64.9. The molecule has 133 heavy (non-hydrogen) atoms. The first-order chi connectivity index (χ1) is 63.5. The molecule has 10 aromatic rings. The third kappa shape index (κ3) is 25.1. The molecular weight excluding hydrogens is 1710 g/mol. The lowest BCUT2D eigenvalue weighted by Gasteiger charge is -2.31. The minimum Gasteiger partial charge on any atom is -0.479 e. The second-order valence-electron chi connectivity index (χ2n) is 33.1. The van der Waals surface area contributed by atoms with E-state index >= 15 is 0 Å². The van der Waals surface area contributed by atoms with Crippen LogP contribution in [0.5, 0.6) is 11.5 Å². The Kier molecular flexibility index (Phi) is 31.8. The maximum Gasteiger partial charge on any atom is 0.507 e. The number of carbonyl (C=O) groups is 12. The number of benzene rings is 10. The second-order valence-corrected chi connectivity index (χ2v) is 33.1. The molecule has 0 saturated heterocycles. The van der Waals surface area contributed by atoms with Crippen molar-refractivity contribution in [2.75, 3.05) is 19.6 Å². The van der Waals surface area contributed by atoms with Crippen LogP contribution in [0.3, 0.4) is 0 Å². The Morgan fingerprint density at radius 3 is 1.04 bits per heavy atom. The molecule has 1 aliphatic heterocycles. The van der Waals surface area contributed by atoms with E-state index in [1.807, 2.05) is 109 Å². The molecule has 4 aliphatic rings. The fourth-order valence-corrected chi connectivity index (χ4v) is 15.0.